The van der Waals surface area contributed by atoms with Gasteiger partial charge in [0, 0.05) is 23.8 Å². The second kappa shape index (κ2) is 6.95. The molecule has 5 rings (SSSR count). The molecule has 2 atom stereocenters. The summed E-state index contributed by atoms with van der Waals surface area (Å²) < 4.78 is 0. The zero-order valence-corrected chi connectivity index (χ0v) is 16.0. The molecule has 3 nitrogen and oxygen atoms in total. The average Bonchev–Trinajstić information content (AvgIpc) is 2.87. The highest BCUT2D eigenvalue weighted by molar-refractivity contribution is 5.79. The van der Waals surface area contributed by atoms with Gasteiger partial charge in [0.1, 0.15) is 6.17 Å². The van der Waals surface area contributed by atoms with E-state index in [1.165, 1.54) is 61.2 Å². The lowest BCUT2D eigenvalue weighted by Gasteiger charge is -2.49. The Balaban J connectivity index is 1.64. The third-order valence-electron chi connectivity index (χ3n) is 6.52. The summed E-state index contributed by atoms with van der Waals surface area (Å²) in [6, 6.07) is 18.7. The van der Waals surface area contributed by atoms with Gasteiger partial charge in [0.15, 0.2) is 0 Å². The summed E-state index contributed by atoms with van der Waals surface area (Å²) >= 11 is 0. The summed E-state index contributed by atoms with van der Waals surface area (Å²) in [5.41, 5.74) is 5.41. The molecule has 0 aromatic heterocycles. The van der Waals surface area contributed by atoms with Gasteiger partial charge in [-0.2, -0.15) is 0 Å². The maximum absolute atomic E-state index is 4.05. The number of anilines is 3. The summed E-state index contributed by atoms with van der Waals surface area (Å²) in [7, 11) is 0. The predicted molar refractivity (Wildman–Crippen MR) is 115 cm³/mol. The van der Waals surface area contributed by atoms with Gasteiger partial charge in [-0.05, 0) is 31.0 Å². The van der Waals surface area contributed by atoms with Crippen molar-refractivity contribution < 1.29 is 0 Å². The molecule has 3 heteroatoms. The number of fused-ring (bicyclic) bond motifs is 4. The van der Waals surface area contributed by atoms with E-state index in [4.69, 9.17) is 0 Å². The molecule has 2 unspecified atom stereocenters. The Morgan fingerprint density at radius 3 is 2.41 bits per heavy atom. The lowest BCUT2D eigenvalue weighted by atomic mass is 9.97. The van der Waals surface area contributed by atoms with Gasteiger partial charge >= 0.3 is 0 Å². The van der Waals surface area contributed by atoms with Gasteiger partial charge in [0.05, 0.1) is 17.4 Å². The first-order valence-electron chi connectivity index (χ1n) is 10.5. The number of nitrogens with one attached hydrogen (secondary N) is 1. The van der Waals surface area contributed by atoms with Crippen molar-refractivity contribution in [3.05, 3.63) is 66.7 Å². The summed E-state index contributed by atoms with van der Waals surface area (Å²) in [5, 5.41) is 3.87. The molecule has 2 heterocycles. The molecule has 1 N–H and O–H groups in total. The number of hydrogen-bond donors (Lipinski definition) is 1. The highest BCUT2D eigenvalue weighted by atomic mass is 15.4. The van der Waals surface area contributed by atoms with Crippen LogP contribution in [0.5, 0.6) is 0 Å². The highest BCUT2D eigenvalue weighted by Crippen LogP contribution is 2.50. The Labute approximate surface area is 162 Å². The second-order valence-corrected chi connectivity index (χ2v) is 8.11. The van der Waals surface area contributed by atoms with Crippen LogP contribution in [0.1, 0.15) is 50.1 Å². The van der Waals surface area contributed by atoms with E-state index in [1.54, 1.807) is 0 Å². The van der Waals surface area contributed by atoms with Crippen LogP contribution in [0, 0.1) is 0 Å². The summed E-state index contributed by atoms with van der Waals surface area (Å²) in [5.74, 6) is 0. The fraction of sp³-hybridized carbons (Fsp3) is 0.417. The standard InChI is InChI=1S/C24H29N3/c1-2-17-26-21-15-9-7-13-19(21)23-24(26)27(18-11-5-3-4-6-12-18)22-16-10-8-14-20(22)25-23/h2,7-10,13-16,18,23-25H,1,3-6,11-12,17H2. The molecule has 140 valence electrons. The topological polar surface area (TPSA) is 18.5 Å². The Morgan fingerprint density at radius 2 is 1.63 bits per heavy atom. The van der Waals surface area contributed by atoms with Crippen molar-refractivity contribution in [2.75, 3.05) is 21.7 Å². The largest absolute Gasteiger partial charge is 0.373 e. The summed E-state index contributed by atoms with van der Waals surface area (Å²) in [6.45, 7) is 4.93. The van der Waals surface area contributed by atoms with Crippen molar-refractivity contribution in [3.63, 3.8) is 0 Å². The average molecular weight is 360 g/mol. The number of benzene rings is 2. The van der Waals surface area contributed by atoms with Crippen molar-refractivity contribution in [2.24, 2.45) is 0 Å². The van der Waals surface area contributed by atoms with Crippen molar-refractivity contribution >= 4 is 17.1 Å². The van der Waals surface area contributed by atoms with Gasteiger partial charge in [-0.15, -0.1) is 6.58 Å². The first-order valence-corrected chi connectivity index (χ1v) is 10.5. The Morgan fingerprint density at radius 1 is 0.926 bits per heavy atom. The maximum Gasteiger partial charge on any atom is 0.127 e. The summed E-state index contributed by atoms with van der Waals surface area (Å²) in [6.07, 6.45) is 10.4. The fourth-order valence-electron chi connectivity index (χ4n) is 5.38. The smallest absolute Gasteiger partial charge is 0.127 e. The first-order chi connectivity index (χ1) is 13.4. The molecule has 1 fully saturated rings. The molecule has 1 saturated carbocycles. The minimum atomic E-state index is 0.305. The van der Waals surface area contributed by atoms with E-state index in [2.05, 4.69) is 70.2 Å². The van der Waals surface area contributed by atoms with Gasteiger partial charge in [0.2, 0.25) is 0 Å². The van der Waals surface area contributed by atoms with Crippen LogP contribution in [0.2, 0.25) is 0 Å². The van der Waals surface area contributed by atoms with Crippen molar-refractivity contribution in [1.29, 1.82) is 0 Å². The lowest BCUT2D eigenvalue weighted by Crippen LogP contribution is -2.56. The highest BCUT2D eigenvalue weighted by Gasteiger charge is 2.46. The third-order valence-corrected chi connectivity index (χ3v) is 6.52. The number of hydrogen-bond acceptors (Lipinski definition) is 3. The van der Waals surface area contributed by atoms with Crippen molar-refractivity contribution in [2.45, 2.75) is 56.8 Å². The van der Waals surface area contributed by atoms with Crippen LogP contribution in [0.3, 0.4) is 0 Å². The van der Waals surface area contributed by atoms with Crippen molar-refractivity contribution in [1.82, 2.24) is 0 Å². The monoisotopic (exact) mass is 359 g/mol. The molecular formula is C24H29N3. The first kappa shape index (κ1) is 16.7. The normalized spacial score (nSPS) is 24.4. The van der Waals surface area contributed by atoms with E-state index in [9.17, 15) is 0 Å². The van der Waals surface area contributed by atoms with Crippen LogP contribution >= 0.6 is 0 Å². The van der Waals surface area contributed by atoms with Crippen molar-refractivity contribution in [3.8, 4) is 0 Å². The zero-order valence-electron chi connectivity index (χ0n) is 16.0. The van der Waals surface area contributed by atoms with Gasteiger partial charge < -0.3 is 15.1 Å². The molecule has 0 spiro atoms. The van der Waals surface area contributed by atoms with Crippen LogP contribution in [0.4, 0.5) is 17.1 Å². The molecule has 0 bridgehead atoms. The molecule has 3 aliphatic rings. The van der Waals surface area contributed by atoms with Gasteiger partial charge in [-0.1, -0.05) is 62.1 Å². The number of rotatable bonds is 3. The van der Waals surface area contributed by atoms with Gasteiger partial charge in [-0.3, -0.25) is 0 Å². The maximum atomic E-state index is 4.05. The third kappa shape index (κ3) is 2.72. The SMILES string of the molecule is C=CCN1c2ccccc2C2Nc3ccccc3N(C3CCCCCC3)C21. The van der Waals surface area contributed by atoms with E-state index in [0.29, 0.717) is 18.2 Å². The van der Waals surface area contributed by atoms with E-state index >= 15 is 0 Å². The van der Waals surface area contributed by atoms with E-state index in [1.807, 2.05) is 6.08 Å². The quantitative estimate of drug-likeness (QED) is 0.559. The Bertz CT molecular complexity index is 822. The lowest BCUT2D eigenvalue weighted by molar-refractivity contribution is 0.428. The minimum absolute atomic E-state index is 0.305. The van der Waals surface area contributed by atoms with Gasteiger partial charge in [-0.25, -0.2) is 0 Å². The van der Waals surface area contributed by atoms with E-state index < -0.39 is 0 Å². The number of para-hydroxylation sites is 3. The molecule has 0 radical (unpaired) electrons. The molecule has 0 amide bonds. The Hall–Kier alpha value is -2.42. The molecule has 2 aliphatic heterocycles. The minimum Gasteiger partial charge on any atom is -0.373 e. The van der Waals surface area contributed by atoms with Crippen LogP contribution in [0.25, 0.3) is 0 Å². The van der Waals surface area contributed by atoms with E-state index in [0.717, 1.165) is 6.54 Å². The predicted octanol–water partition coefficient (Wildman–Crippen LogP) is 5.71. The van der Waals surface area contributed by atoms with Crippen LogP contribution in [0.15, 0.2) is 61.2 Å². The zero-order chi connectivity index (χ0) is 18.2. The van der Waals surface area contributed by atoms with Crippen LogP contribution in [-0.2, 0) is 0 Å². The fourth-order valence-corrected chi connectivity index (χ4v) is 5.38. The molecule has 1 aliphatic carbocycles. The molecule has 2 aromatic carbocycles. The molecule has 27 heavy (non-hydrogen) atoms. The Kier molecular flexibility index (Phi) is 4.31. The van der Waals surface area contributed by atoms with Crippen LogP contribution in [-0.4, -0.2) is 18.8 Å². The second-order valence-electron chi connectivity index (χ2n) is 8.11. The molecular weight excluding hydrogens is 330 g/mol. The summed E-state index contributed by atoms with van der Waals surface area (Å²) in [4.78, 5) is 5.31. The molecule has 0 saturated heterocycles. The van der Waals surface area contributed by atoms with E-state index in [-0.39, 0.29) is 0 Å². The van der Waals surface area contributed by atoms with Gasteiger partial charge in [0.25, 0.3) is 0 Å². The van der Waals surface area contributed by atoms with Crippen LogP contribution < -0.4 is 15.1 Å². The molecule has 2 aromatic rings. The number of nitrogens with zero attached hydrogens (tertiary/aromatic N) is 2.